The minimum atomic E-state index is -0.920. The molecule has 2 aromatic rings. The van der Waals surface area contributed by atoms with Crippen molar-refractivity contribution in [1.29, 1.82) is 0 Å². The molecule has 1 N–H and O–H groups in total. The van der Waals surface area contributed by atoms with E-state index in [1.54, 1.807) is 17.6 Å². The predicted molar refractivity (Wildman–Crippen MR) is 78.5 cm³/mol. The molecule has 1 aromatic carbocycles. The molecule has 21 heavy (non-hydrogen) atoms. The number of carbonyl (C=O) groups is 1. The fourth-order valence-corrected chi connectivity index (χ4v) is 2.64. The Labute approximate surface area is 126 Å². The summed E-state index contributed by atoms with van der Waals surface area (Å²) in [7, 11) is 0. The molecular formula is C14H16FN3O2S. The molecule has 0 spiro atoms. The Bertz CT molecular complexity index is 670. The summed E-state index contributed by atoms with van der Waals surface area (Å²) in [6.45, 7) is 5.75. The topological polar surface area (TPSA) is 68.0 Å². The summed E-state index contributed by atoms with van der Waals surface area (Å²) in [6, 6.07) is 4.47. The lowest BCUT2D eigenvalue weighted by Gasteiger charge is -2.14. The van der Waals surface area contributed by atoms with Crippen LogP contribution in [0.4, 0.5) is 4.39 Å². The molecule has 0 aliphatic heterocycles. The number of carboxylic acids is 1. The van der Waals surface area contributed by atoms with Crippen LogP contribution in [0.25, 0.3) is 5.69 Å². The Kier molecular flexibility index (Phi) is 4.62. The van der Waals surface area contributed by atoms with E-state index >= 15 is 0 Å². The van der Waals surface area contributed by atoms with E-state index < -0.39 is 5.97 Å². The zero-order valence-corrected chi connectivity index (χ0v) is 12.8. The van der Waals surface area contributed by atoms with Gasteiger partial charge in [0.05, 0.1) is 11.4 Å². The van der Waals surface area contributed by atoms with Gasteiger partial charge in [-0.25, -0.2) is 4.39 Å². The molecule has 0 saturated carbocycles. The molecule has 0 radical (unpaired) electrons. The van der Waals surface area contributed by atoms with Crippen LogP contribution in [0.15, 0.2) is 23.4 Å². The number of benzene rings is 1. The predicted octanol–water partition coefficient (Wildman–Crippen LogP) is 3.01. The van der Waals surface area contributed by atoms with Gasteiger partial charge in [0.15, 0.2) is 5.16 Å². The van der Waals surface area contributed by atoms with Crippen LogP contribution >= 0.6 is 11.8 Å². The van der Waals surface area contributed by atoms with Crippen LogP contribution < -0.4 is 0 Å². The summed E-state index contributed by atoms with van der Waals surface area (Å²) in [4.78, 5) is 10.7. The summed E-state index contributed by atoms with van der Waals surface area (Å²) in [6.07, 6.45) is 0. The van der Waals surface area contributed by atoms with Crippen molar-refractivity contribution in [3.8, 4) is 5.69 Å². The first-order chi connectivity index (χ1) is 9.90. The second-order valence-electron chi connectivity index (χ2n) is 4.94. The largest absolute Gasteiger partial charge is 0.481 e. The molecule has 1 heterocycles. The normalized spacial score (nSPS) is 11.1. The third kappa shape index (κ3) is 3.41. The number of hydrogen-bond acceptors (Lipinski definition) is 4. The van der Waals surface area contributed by atoms with Gasteiger partial charge in [-0.3, -0.25) is 9.36 Å². The second kappa shape index (κ2) is 6.26. The van der Waals surface area contributed by atoms with Crippen molar-refractivity contribution in [2.75, 3.05) is 5.75 Å². The molecule has 7 heteroatoms. The van der Waals surface area contributed by atoms with Gasteiger partial charge in [-0.05, 0) is 30.7 Å². The molecule has 0 aliphatic rings. The first-order valence-electron chi connectivity index (χ1n) is 6.46. The number of rotatable bonds is 5. The number of nitrogens with zero attached hydrogens (tertiary/aromatic N) is 3. The highest BCUT2D eigenvalue weighted by atomic mass is 32.2. The smallest absolute Gasteiger partial charge is 0.313 e. The van der Waals surface area contributed by atoms with Crippen LogP contribution in [0.2, 0.25) is 0 Å². The van der Waals surface area contributed by atoms with Gasteiger partial charge in [0, 0.05) is 5.92 Å². The maximum absolute atomic E-state index is 13.3. The maximum atomic E-state index is 13.3. The molecule has 0 aliphatic carbocycles. The molecule has 0 bridgehead atoms. The van der Waals surface area contributed by atoms with E-state index in [-0.39, 0.29) is 17.5 Å². The minimum Gasteiger partial charge on any atom is -0.481 e. The first-order valence-corrected chi connectivity index (χ1v) is 7.45. The summed E-state index contributed by atoms with van der Waals surface area (Å²) < 4.78 is 15.1. The molecule has 0 amide bonds. The van der Waals surface area contributed by atoms with Crippen molar-refractivity contribution in [1.82, 2.24) is 14.8 Å². The van der Waals surface area contributed by atoms with Crippen LogP contribution in [-0.2, 0) is 4.79 Å². The van der Waals surface area contributed by atoms with E-state index in [1.807, 2.05) is 13.8 Å². The highest BCUT2D eigenvalue weighted by Crippen LogP contribution is 2.27. The Hall–Kier alpha value is -1.89. The Balaban J connectivity index is 2.52. The minimum absolute atomic E-state index is 0.101. The molecule has 0 fully saturated rings. The fourth-order valence-electron chi connectivity index (χ4n) is 1.97. The van der Waals surface area contributed by atoms with Crippen LogP contribution in [-0.4, -0.2) is 31.6 Å². The Morgan fingerprint density at radius 3 is 2.71 bits per heavy atom. The van der Waals surface area contributed by atoms with Gasteiger partial charge in [-0.15, -0.1) is 10.2 Å². The lowest BCUT2D eigenvalue weighted by Crippen LogP contribution is -2.07. The van der Waals surface area contributed by atoms with Crippen LogP contribution in [0.3, 0.4) is 0 Å². The summed E-state index contributed by atoms with van der Waals surface area (Å²) in [5.41, 5.74) is 1.51. The van der Waals surface area contributed by atoms with Gasteiger partial charge >= 0.3 is 5.97 Å². The van der Waals surface area contributed by atoms with Crippen molar-refractivity contribution in [2.45, 2.75) is 31.8 Å². The lowest BCUT2D eigenvalue weighted by atomic mass is 10.1. The first kappa shape index (κ1) is 15.5. The third-order valence-electron chi connectivity index (χ3n) is 2.90. The van der Waals surface area contributed by atoms with Crippen molar-refractivity contribution in [3.05, 3.63) is 35.4 Å². The average molecular weight is 309 g/mol. The molecule has 112 valence electrons. The highest BCUT2D eigenvalue weighted by Gasteiger charge is 2.19. The maximum Gasteiger partial charge on any atom is 0.313 e. The number of thioether (sulfide) groups is 1. The molecular weight excluding hydrogens is 293 g/mol. The third-order valence-corrected chi connectivity index (χ3v) is 3.81. The zero-order chi connectivity index (χ0) is 15.6. The lowest BCUT2D eigenvalue weighted by molar-refractivity contribution is -0.133. The van der Waals surface area contributed by atoms with E-state index in [2.05, 4.69) is 10.2 Å². The standard InChI is InChI=1S/C14H16FN3O2S/c1-8(2)13-16-17-14(21-7-12(19)20)18(13)11-5-4-10(15)6-9(11)3/h4-6,8H,7H2,1-3H3,(H,19,20). The summed E-state index contributed by atoms with van der Waals surface area (Å²) in [5, 5.41) is 17.5. The SMILES string of the molecule is Cc1cc(F)ccc1-n1c(SCC(=O)O)nnc1C(C)C. The van der Waals surface area contributed by atoms with Gasteiger partial charge < -0.3 is 5.11 Å². The molecule has 1 aromatic heterocycles. The van der Waals surface area contributed by atoms with Crippen molar-refractivity contribution < 1.29 is 14.3 Å². The molecule has 0 atom stereocenters. The van der Waals surface area contributed by atoms with E-state index in [9.17, 15) is 9.18 Å². The Morgan fingerprint density at radius 1 is 1.43 bits per heavy atom. The number of aliphatic carboxylic acids is 1. The Morgan fingerprint density at radius 2 is 2.14 bits per heavy atom. The second-order valence-corrected chi connectivity index (χ2v) is 5.89. The number of carboxylic acid groups (broad SMARTS) is 1. The number of aromatic nitrogens is 3. The van der Waals surface area contributed by atoms with Crippen LogP contribution in [0.1, 0.15) is 31.2 Å². The monoisotopic (exact) mass is 309 g/mol. The van der Waals surface area contributed by atoms with Gasteiger partial charge in [0.2, 0.25) is 0 Å². The van der Waals surface area contributed by atoms with Crippen LogP contribution in [0, 0.1) is 12.7 Å². The van der Waals surface area contributed by atoms with Gasteiger partial charge in [-0.1, -0.05) is 25.6 Å². The highest BCUT2D eigenvalue weighted by molar-refractivity contribution is 7.99. The molecule has 0 unspecified atom stereocenters. The zero-order valence-electron chi connectivity index (χ0n) is 12.0. The van der Waals surface area contributed by atoms with E-state index in [4.69, 9.17) is 5.11 Å². The van der Waals surface area contributed by atoms with Crippen LogP contribution in [0.5, 0.6) is 0 Å². The van der Waals surface area contributed by atoms with Crippen molar-refractivity contribution >= 4 is 17.7 Å². The van der Waals surface area contributed by atoms with E-state index in [0.717, 1.165) is 28.8 Å². The molecule has 0 saturated heterocycles. The molecule has 2 rings (SSSR count). The quantitative estimate of drug-likeness (QED) is 0.860. The van der Waals surface area contributed by atoms with Gasteiger partial charge in [-0.2, -0.15) is 0 Å². The van der Waals surface area contributed by atoms with E-state index in [1.165, 1.54) is 12.1 Å². The summed E-state index contributed by atoms with van der Waals surface area (Å²) in [5.74, 6) is -0.499. The van der Waals surface area contributed by atoms with Crippen molar-refractivity contribution in [2.24, 2.45) is 0 Å². The number of hydrogen-bond donors (Lipinski definition) is 1. The molecule has 5 nitrogen and oxygen atoms in total. The van der Waals surface area contributed by atoms with Gasteiger partial charge in [0.25, 0.3) is 0 Å². The summed E-state index contributed by atoms with van der Waals surface area (Å²) >= 11 is 1.10. The van der Waals surface area contributed by atoms with Gasteiger partial charge in [0.1, 0.15) is 11.6 Å². The van der Waals surface area contributed by atoms with Crippen molar-refractivity contribution in [3.63, 3.8) is 0 Å². The fraction of sp³-hybridized carbons (Fsp3) is 0.357. The number of aryl methyl sites for hydroxylation is 1. The number of halogens is 1. The average Bonchev–Trinajstić information content (AvgIpc) is 2.80. The van der Waals surface area contributed by atoms with E-state index in [0.29, 0.717) is 5.16 Å².